The maximum Gasteiger partial charge on any atom is 0.123 e. The second-order valence-corrected chi connectivity index (χ2v) is 5.04. The van der Waals surface area contributed by atoms with Crippen molar-refractivity contribution >= 4 is 5.69 Å². The van der Waals surface area contributed by atoms with Crippen molar-refractivity contribution in [1.29, 1.82) is 0 Å². The topological polar surface area (TPSA) is 29.3 Å². The van der Waals surface area contributed by atoms with E-state index in [1.165, 1.54) is 18.9 Å². The van der Waals surface area contributed by atoms with E-state index in [9.17, 15) is 4.39 Å². The van der Waals surface area contributed by atoms with E-state index >= 15 is 0 Å². The van der Waals surface area contributed by atoms with Gasteiger partial charge in [-0.1, -0.05) is 0 Å². The zero-order chi connectivity index (χ0) is 11.8. The lowest BCUT2D eigenvalue weighted by molar-refractivity contribution is 0.516. The quantitative estimate of drug-likeness (QED) is 0.833. The van der Waals surface area contributed by atoms with Crippen LogP contribution in [0.3, 0.4) is 0 Å². The number of anilines is 1. The number of nitrogens with zero attached hydrogens (tertiary/aromatic N) is 1. The molecule has 0 spiro atoms. The molecule has 0 amide bonds. The molecule has 1 aliphatic rings. The Labute approximate surface area is 96.2 Å². The van der Waals surface area contributed by atoms with Gasteiger partial charge >= 0.3 is 0 Å². The minimum Gasteiger partial charge on any atom is -0.366 e. The number of nitrogens with two attached hydrogens (primary N) is 1. The molecule has 2 N–H and O–H groups in total. The molecular formula is C13H19FN2. The summed E-state index contributed by atoms with van der Waals surface area (Å²) in [4.78, 5) is 2.34. The Morgan fingerprint density at radius 2 is 2.19 bits per heavy atom. The van der Waals surface area contributed by atoms with Crippen LogP contribution in [0, 0.1) is 5.82 Å². The Morgan fingerprint density at radius 3 is 2.75 bits per heavy atom. The highest BCUT2D eigenvalue weighted by molar-refractivity contribution is 5.56. The maximum absolute atomic E-state index is 13.1. The Morgan fingerprint density at radius 1 is 1.44 bits per heavy atom. The fourth-order valence-electron chi connectivity index (χ4n) is 2.53. The van der Waals surface area contributed by atoms with Gasteiger partial charge in [-0.05, 0) is 50.5 Å². The number of hydrogen-bond donors (Lipinski definition) is 1. The first kappa shape index (κ1) is 11.4. The summed E-state index contributed by atoms with van der Waals surface area (Å²) in [6, 6.07) is 4.91. The summed E-state index contributed by atoms with van der Waals surface area (Å²) in [7, 11) is 0. The first-order valence-corrected chi connectivity index (χ1v) is 5.81. The number of rotatable bonds is 2. The Kier molecular flexibility index (Phi) is 2.89. The van der Waals surface area contributed by atoms with Crippen molar-refractivity contribution in [3.63, 3.8) is 0 Å². The normalized spacial score (nSPS) is 19.1. The molecule has 2 nitrogen and oxygen atoms in total. The van der Waals surface area contributed by atoms with E-state index in [0.29, 0.717) is 6.54 Å². The van der Waals surface area contributed by atoms with Gasteiger partial charge in [-0.2, -0.15) is 0 Å². The summed E-state index contributed by atoms with van der Waals surface area (Å²) in [5.41, 5.74) is 7.82. The van der Waals surface area contributed by atoms with Crippen molar-refractivity contribution in [2.45, 2.75) is 38.8 Å². The molecule has 1 fully saturated rings. The molecule has 1 aromatic carbocycles. The monoisotopic (exact) mass is 222 g/mol. The minimum atomic E-state index is -0.207. The highest BCUT2D eigenvalue weighted by Gasteiger charge is 2.32. The molecule has 0 aromatic heterocycles. The van der Waals surface area contributed by atoms with Gasteiger partial charge in [0.05, 0.1) is 0 Å². The van der Waals surface area contributed by atoms with Crippen molar-refractivity contribution in [2.75, 3.05) is 11.4 Å². The summed E-state index contributed by atoms with van der Waals surface area (Å²) >= 11 is 0. The summed E-state index contributed by atoms with van der Waals surface area (Å²) in [6.07, 6.45) is 2.36. The van der Waals surface area contributed by atoms with Crippen LogP contribution in [0.25, 0.3) is 0 Å². The van der Waals surface area contributed by atoms with Crippen LogP contribution in [-0.2, 0) is 6.54 Å². The fraction of sp³-hybridized carbons (Fsp3) is 0.538. The van der Waals surface area contributed by atoms with Crippen LogP contribution in [0.4, 0.5) is 10.1 Å². The highest BCUT2D eigenvalue weighted by atomic mass is 19.1. The van der Waals surface area contributed by atoms with Crippen LogP contribution < -0.4 is 10.6 Å². The van der Waals surface area contributed by atoms with Gasteiger partial charge < -0.3 is 10.6 Å². The molecular weight excluding hydrogens is 203 g/mol. The van der Waals surface area contributed by atoms with Crippen LogP contribution in [-0.4, -0.2) is 12.1 Å². The smallest absolute Gasteiger partial charge is 0.123 e. The third-order valence-electron chi connectivity index (χ3n) is 3.45. The van der Waals surface area contributed by atoms with Gasteiger partial charge in [-0.25, -0.2) is 4.39 Å². The molecule has 88 valence electrons. The number of halogens is 1. The SMILES string of the molecule is CC1(C)CCCN1c1ccc(F)cc1CN. The van der Waals surface area contributed by atoms with Crippen LogP contribution in [0.1, 0.15) is 32.3 Å². The summed E-state index contributed by atoms with van der Waals surface area (Å²) in [5, 5.41) is 0. The Hall–Kier alpha value is -1.09. The zero-order valence-electron chi connectivity index (χ0n) is 9.96. The minimum absolute atomic E-state index is 0.155. The molecule has 0 saturated carbocycles. The van der Waals surface area contributed by atoms with E-state index in [1.54, 1.807) is 6.07 Å². The molecule has 1 aliphatic heterocycles. The van der Waals surface area contributed by atoms with Gasteiger partial charge in [0.25, 0.3) is 0 Å². The van der Waals surface area contributed by atoms with E-state index in [0.717, 1.165) is 17.8 Å². The third kappa shape index (κ3) is 1.92. The van der Waals surface area contributed by atoms with Crippen LogP contribution >= 0.6 is 0 Å². The van der Waals surface area contributed by atoms with E-state index in [-0.39, 0.29) is 11.4 Å². The Balaban J connectivity index is 2.40. The third-order valence-corrected chi connectivity index (χ3v) is 3.45. The van der Waals surface area contributed by atoms with Crippen LogP contribution in [0.15, 0.2) is 18.2 Å². The lowest BCUT2D eigenvalue weighted by atomic mass is 10.0. The average molecular weight is 222 g/mol. The van der Waals surface area contributed by atoms with Gasteiger partial charge in [-0.3, -0.25) is 0 Å². The number of benzene rings is 1. The summed E-state index contributed by atoms with van der Waals surface area (Å²) in [5.74, 6) is -0.207. The zero-order valence-corrected chi connectivity index (χ0v) is 9.96. The van der Waals surface area contributed by atoms with Gasteiger partial charge in [0.15, 0.2) is 0 Å². The first-order valence-electron chi connectivity index (χ1n) is 5.81. The largest absolute Gasteiger partial charge is 0.366 e. The molecule has 1 saturated heterocycles. The van der Waals surface area contributed by atoms with E-state index in [2.05, 4.69) is 18.7 Å². The van der Waals surface area contributed by atoms with Crippen molar-refractivity contribution in [2.24, 2.45) is 5.73 Å². The molecule has 0 radical (unpaired) electrons. The summed E-state index contributed by atoms with van der Waals surface area (Å²) < 4.78 is 13.1. The van der Waals surface area contributed by atoms with Crippen molar-refractivity contribution in [3.05, 3.63) is 29.6 Å². The van der Waals surface area contributed by atoms with Gasteiger partial charge in [0, 0.05) is 24.3 Å². The van der Waals surface area contributed by atoms with Crippen molar-refractivity contribution in [1.82, 2.24) is 0 Å². The average Bonchev–Trinajstić information content (AvgIpc) is 2.58. The lowest BCUT2D eigenvalue weighted by Gasteiger charge is -2.35. The lowest BCUT2D eigenvalue weighted by Crippen LogP contribution is -2.38. The molecule has 1 heterocycles. The fourth-order valence-corrected chi connectivity index (χ4v) is 2.53. The predicted molar refractivity (Wildman–Crippen MR) is 65.0 cm³/mol. The second-order valence-electron chi connectivity index (χ2n) is 5.04. The van der Waals surface area contributed by atoms with Gasteiger partial charge in [0.1, 0.15) is 5.82 Å². The van der Waals surface area contributed by atoms with Crippen LogP contribution in [0.2, 0.25) is 0 Å². The Bertz CT molecular complexity index is 388. The molecule has 0 aliphatic carbocycles. The predicted octanol–water partition coefficient (Wildman–Crippen LogP) is 2.66. The molecule has 2 rings (SSSR count). The van der Waals surface area contributed by atoms with Gasteiger partial charge in [0.2, 0.25) is 0 Å². The molecule has 16 heavy (non-hydrogen) atoms. The summed E-state index contributed by atoms with van der Waals surface area (Å²) in [6.45, 7) is 5.87. The van der Waals surface area contributed by atoms with Crippen LogP contribution in [0.5, 0.6) is 0 Å². The highest BCUT2D eigenvalue weighted by Crippen LogP contribution is 2.35. The first-order chi connectivity index (χ1) is 7.54. The van der Waals surface area contributed by atoms with E-state index < -0.39 is 0 Å². The second kappa shape index (κ2) is 4.06. The van der Waals surface area contributed by atoms with Gasteiger partial charge in [-0.15, -0.1) is 0 Å². The van der Waals surface area contributed by atoms with E-state index in [4.69, 9.17) is 5.73 Å². The van der Waals surface area contributed by atoms with Crippen molar-refractivity contribution < 1.29 is 4.39 Å². The van der Waals surface area contributed by atoms with E-state index in [1.807, 2.05) is 6.07 Å². The molecule has 0 atom stereocenters. The number of hydrogen-bond acceptors (Lipinski definition) is 2. The standard InChI is InChI=1S/C13H19FN2/c1-13(2)6-3-7-16(13)12-5-4-11(14)8-10(12)9-15/h4-5,8H,3,6-7,9,15H2,1-2H3. The van der Waals surface area contributed by atoms with Crippen molar-refractivity contribution in [3.8, 4) is 0 Å². The molecule has 0 unspecified atom stereocenters. The molecule has 3 heteroatoms. The molecule has 0 bridgehead atoms. The molecule has 1 aromatic rings. The maximum atomic E-state index is 13.1.